The Balaban J connectivity index is 1.84. The molecule has 1 saturated carbocycles. The molecule has 2 N–H and O–H groups in total. The van der Waals surface area contributed by atoms with Gasteiger partial charge in [0.25, 0.3) is 0 Å². The van der Waals surface area contributed by atoms with E-state index in [4.69, 9.17) is 0 Å². The highest BCUT2D eigenvalue weighted by molar-refractivity contribution is 5.81. The fraction of sp³-hybridized carbons (Fsp3) is 0.333. The van der Waals surface area contributed by atoms with Gasteiger partial charge in [0.05, 0.1) is 5.52 Å². The number of fused-ring (bicyclic) bond motifs is 1. The summed E-state index contributed by atoms with van der Waals surface area (Å²) in [5, 5.41) is 12.9. The van der Waals surface area contributed by atoms with E-state index in [2.05, 4.69) is 10.3 Å². The number of halogens is 1. The summed E-state index contributed by atoms with van der Waals surface area (Å²) in [6.07, 6.45) is 3.53. The van der Waals surface area contributed by atoms with Gasteiger partial charge in [-0.15, -0.1) is 0 Å². The quantitative estimate of drug-likeness (QED) is 0.878. The first-order valence-electron chi connectivity index (χ1n) is 6.64. The minimum atomic E-state index is -0.846. The first kappa shape index (κ1) is 13.0. The van der Waals surface area contributed by atoms with Crippen LogP contribution in [0.5, 0.6) is 0 Å². The highest BCUT2D eigenvalue weighted by atomic mass is 19.1. The Morgan fingerprint density at radius 1 is 1.50 bits per heavy atom. The lowest BCUT2D eigenvalue weighted by Gasteiger charge is -2.14. The van der Waals surface area contributed by atoms with Crippen molar-refractivity contribution in [2.75, 3.05) is 0 Å². The normalized spacial score (nSPS) is 16.2. The average Bonchev–Trinajstić information content (AvgIpc) is 3.22. The molecule has 0 saturated heterocycles. The summed E-state index contributed by atoms with van der Waals surface area (Å²) in [4.78, 5) is 15.4. The summed E-state index contributed by atoms with van der Waals surface area (Å²) in [6, 6.07) is 5.83. The van der Waals surface area contributed by atoms with Crippen LogP contribution in [0.2, 0.25) is 0 Å². The number of aromatic nitrogens is 1. The van der Waals surface area contributed by atoms with E-state index < -0.39 is 12.0 Å². The van der Waals surface area contributed by atoms with Crippen molar-refractivity contribution in [3.8, 4) is 0 Å². The van der Waals surface area contributed by atoms with Crippen molar-refractivity contribution in [2.24, 2.45) is 5.92 Å². The summed E-state index contributed by atoms with van der Waals surface area (Å²) in [5.74, 6) is -0.984. The third-order valence-electron chi connectivity index (χ3n) is 3.62. The lowest BCUT2D eigenvalue weighted by molar-refractivity contribution is -0.140. The molecule has 1 atom stereocenters. The van der Waals surface area contributed by atoms with Crippen molar-refractivity contribution in [1.82, 2.24) is 10.3 Å². The lowest BCUT2D eigenvalue weighted by Crippen LogP contribution is -2.38. The van der Waals surface area contributed by atoms with E-state index >= 15 is 0 Å². The van der Waals surface area contributed by atoms with Crippen LogP contribution in [-0.2, 0) is 11.3 Å². The molecule has 0 amide bonds. The van der Waals surface area contributed by atoms with Gasteiger partial charge in [0, 0.05) is 18.1 Å². The molecule has 0 bridgehead atoms. The van der Waals surface area contributed by atoms with E-state index in [1.807, 2.05) is 0 Å². The molecular weight excluding hydrogens is 259 g/mol. The molecule has 20 heavy (non-hydrogen) atoms. The van der Waals surface area contributed by atoms with E-state index in [0.717, 1.165) is 18.2 Å². The average molecular weight is 274 g/mol. The van der Waals surface area contributed by atoms with Gasteiger partial charge in [-0.25, -0.2) is 4.39 Å². The van der Waals surface area contributed by atoms with Gasteiger partial charge in [-0.2, -0.15) is 0 Å². The van der Waals surface area contributed by atoms with E-state index in [9.17, 15) is 14.3 Å². The zero-order valence-corrected chi connectivity index (χ0v) is 10.8. The van der Waals surface area contributed by atoms with Crippen LogP contribution in [-0.4, -0.2) is 22.1 Å². The highest BCUT2D eigenvalue weighted by Gasteiger charge is 2.35. The van der Waals surface area contributed by atoms with E-state index in [1.165, 1.54) is 12.1 Å². The Kier molecular flexibility index (Phi) is 3.36. The number of hydrogen-bond acceptors (Lipinski definition) is 3. The number of carboxylic acids is 1. The number of carboxylic acid groups (broad SMARTS) is 1. The van der Waals surface area contributed by atoms with E-state index in [1.54, 1.807) is 18.3 Å². The van der Waals surface area contributed by atoms with Gasteiger partial charge >= 0.3 is 5.97 Å². The van der Waals surface area contributed by atoms with Crippen LogP contribution in [0.1, 0.15) is 18.4 Å². The number of carbonyl (C=O) groups is 1. The van der Waals surface area contributed by atoms with Crippen molar-refractivity contribution in [3.63, 3.8) is 0 Å². The van der Waals surface area contributed by atoms with Gasteiger partial charge in [0.1, 0.15) is 11.9 Å². The van der Waals surface area contributed by atoms with Crippen molar-refractivity contribution >= 4 is 16.9 Å². The Morgan fingerprint density at radius 3 is 3.00 bits per heavy atom. The molecule has 5 heteroatoms. The summed E-state index contributed by atoms with van der Waals surface area (Å²) in [5.41, 5.74) is 1.40. The number of hydrogen-bond donors (Lipinski definition) is 2. The topological polar surface area (TPSA) is 62.2 Å². The monoisotopic (exact) mass is 274 g/mol. The third-order valence-corrected chi connectivity index (χ3v) is 3.62. The second-order valence-electron chi connectivity index (χ2n) is 5.17. The zero-order valence-electron chi connectivity index (χ0n) is 10.8. The van der Waals surface area contributed by atoms with Gasteiger partial charge in [-0.1, -0.05) is 6.07 Å². The van der Waals surface area contributed by atoms with Crippen LogP contribution in [0.15, 0.2) is 30.5 Å². The number of nitrogens with one attached hydrogen (secondary N) is 1. The van der Waals surface area contributed by atoms with Crippen LogP contribution in [0.25, 0.3) is 10.9 Å². The molecule has 104 valence electrons. The molecule has 1 unspecified atom stereocenters. The SMILES string of the molecule is O=C(O)C(NCc1cc(F)cc2cccnc12)C1CC1. The van der Waals surface area contributed by atoms with Crippen LogP contribution in [0, 0.1) is 11.7 Å². The molecule has 1 aromatic carbocycles. The fourth-order valence-corrected chi connectivity index (χ4v) is 2.47. The molecule has 1 fully saturated rings. The third kappa shape index (κ3) is 2.63. The Hall–Kier alpha value is -2.01. The predicted molar refractivity (Wildman–Crippen MR) is 72.7 cm³/mol. The minimum Gasteiger partial charge on any atom is -0.480 e. The number of pyridine rings is 1. The van der Waals surface area contributed by atoms with Gasteiger partial charge in [-0.3, -0.25) is 15.1 Å². The second kappa shape index (κ2) is 5.17. The Morgan fingerprint density at radius 2 is 2.30 bits per heavy atom. The predicted octanol–water partition coefficient (Wildman–Crippen LogP) is 2.33. The maximum Gasteiger partial charge on any atom is 0.320 e. The lowest BCUT2D eigenvalue weighted by atomic mass is 10.1. The molecule has 0 radical (unpaired) electrons. The summed E-state index contributed by atoms with van der Waals surface area (Å²) >= 11 is 0. The van der Waals surface area contributed by atoms with Crippen molar-refractivity contribution in [1.29, 1.82) is 0 Å². The van der Waals surface area contributed by atoms with Crippen molar-refractivity contribution < 1.29 is 14.3 Å². The number of aliphatic carboxylic acids is 1. The molecule has 1 heterocycles. The number of benzene rings is 1. The summed E-state index contributed by atoms with van der Waals surface area (Å²) in [7, 11) is 0. The first-order chi connectivity index (χ1) is 9.65. The Bertz CT molecular complexity index is 655. The van der Waals surface area contributed by atoms with Crippen LogP contribution >= 0.6 is 0 Å². The van der Waals surface area contributed by atoms with Gasteiger partial charge in [0.15, 0.2) is 0 Å². The maximum atomic E-state index is 13.6. The van der Waals surface area contributed by atoms with Crippen molar-refractivity contribution in [2.45, 2.75) is 25.4 Å². The minimum absolute atomic E-state index is 0.195. The van der Waals surface area contributed by atoms with Crippen molar-refractivity contribution in [3.05, 3.63) is 41.8 Å². The Labute approximate surface area is 115 Å². The zero-order chi connectivity index (χ0) is 14.1. The molecule has 1 aliphatic carbocycles. The smallest absolute Gasteiger partial charge is 0.320 e. The molecular formula is C15H15FN2O2. The van der Waals surface area contributed by atoms with E-state index in [0.29, 0.717) is 17.6 Å². The molecule has 3 rings (SSSR count). The first-order valence-corrected chi connectivity index (χ1v) is 6.64. The van der Waals surface area contributed by atoms with Gasteiger partial charge in [0.2, 0.25) is 0 Å². The second-order valence-corrected chi connectivity index (χ2v) is 5.17. The van der Waals surface area contributed by atoms with Crippen LogP contribution < -0.4 is 5.32 Å². The molecule has 0 aliphatic heterocycles. The van der Waals surface area contributed by atoms with E-state index in [-0.39, 0.29) is 11.7 Å². The number of nitrogens with zero attached hydrogens (tertiary/aromatic N) is 1. The van der Waals surface area contributed by atoms with Crippen LogP contribution in [0.4, 0.5) is 4.39 Å². The molecule has 4 nitrogen and oxygen atoms in total. The molecule has 0 spiro atoms. The fourth-order valence-electron chi connectivity index (χ4n) is 2.47. The maximum absolute atomic E-state index is 13.6. The molecule has 1 aromatic heterocycles. The standard InChI is InChI=1S/C15H15FN2O2/c16-12-6-10-2-1-5-17-13(10)11(7-12)8-18-14(15(19)20)9-3-4-9/h1-2,5-7,9,14,18H,3-4,8H2,(H,19,20). The molecule has 2 aromatic rings. The largest absolute Gasteiger partial charge is 0.480 e. The summed E-state index contributed by atoms with van der Waals surface area (Å²) in [6.45, 7) is 0.304. The van der Waals surface area contributed by atoms with Gasteiger partial charge in [-0.05, 0) is 42.5 Å². The van der Waals surface area contributed by atoms with Gasteiger partial charge < -0.3 is 5.11 Å². The highest BCUT2D eigenvalue weighted by Crippen LogP contribution is 2.33. The molecule has 1 aliphatic rings. The summed E-state index contributed by atoms with van der Waals surface area (Å²) < 4.78 is 13.6. The van der Waals surface area contributed by atoms with Crippen LogP contribution in [0.3, 0.4) is 0 Å². The number of rotatable bonds is 5.